The molecule has 11 nitrogen and oxygen atoms in total. The van der Waals surface area contributed by atoms with Crippen LogP contribution in [0.1, 0.15) is 87.1 Å². The van der Waals surface area contributed by atoms with Gasteiger partial charge in [-0.2, -0.15) is 0 Å². The third-order valence-electron chi connectivity index (χ3n) is 9.08. The van der Waals surface area contributed by atoms with Crippen molar-refractivity contribution in [3.05, 3.63) is 57.6 Å². The summed E-state index contributed by atoms with van der Waals surface area (Å²) in [6, 6.07) is 5.43. The summed E-state index contributed by atoms with van der Waals surface area (Å²) in [7, 11) is 5.08. The van der Waals surface area contributed by atoms with Crippen LogP contribution in [0.25, 0.3) is 5.57 Å². The fourth-order valence-corrected chi connectivity index (χ4v) is 6.97. The molecule has 1 aliphatic carbocycles. The van der Waals surface area contributed by atoms with Crippen molar-refractivity contribution < 1.29 is 29.0 Å². The Labute approximate surface area is 282 Å². The zero-order valence-corrected chi connectivity index (χ0v) is 29.8. The predicted octanol–water partition coefficient (Wildman–Crippen LogP) is 4.30. The molecule has 1 aliphatic rings. The number of nitrogens with zero attached hydrogens (tertiary/aromatic N) is 2. The lowest BCUT2D eigenvalue weighted by Crippen LogP contribution is -2.57. The van der Waals surface area contributed by atoms with Crippen LogP contribution in [0, 0.1) is 17.8 Å². The molecule has 47 heavy (non-hydrogen) atoms. The van der Waals surface area contributed by atoms with E-state index in [-0.39, 0.29) is 46.9 Å². The smallest absolute Gasteiger partial charge is 0.336 e. The van der Waals surface area contributed by atoms with Crippen LogP contribution in [0.2, 0.25) is 0 Å². The summed E-state index contributed by atoms with van der Waals surface area (Å²) in [4.78, 5) is 58.6. The summed E-state index contributed by atoms with van der Waals surface area (Å²) in [5.41, 5.74) is 1.88. The highest BCUT2D eigenvalue weighted by Gasteiger charge is 2.36. The molecule has 0 spiro atoms. The van der Waals surface area contributed by atoms with E-state index in [1.165, 1.54) is 11.3 Å². The van der Waals surface area contributed by atoms with Crippen LogP contribution in [0.3, 0.4) is 0 Å². The number of carbonyl (C=O) groups is 4. The van der Waals surface area contributed by atoms with Crippen molar-refractivity contribution in [2.75, 3.05) is 21.2 Å². The van der Waals surface area contributed by atoms with Crippen LogP contribution in [0.15, 0.2) is 35.7 Å². The average Bonchev–Trinajstić information content (AvgIpc) is 3.53. The van der Waals surface area contributed by atoms with Gasteiger partial charge in [0.05, 0.1) is 17.7 Å². The summed E-state index contributed by atoms with van der Waals surface area (Å²) in [6.45, 7) is 12.0. The lowest BCUT2D eigenvalue weighted by atomic mass is 9.88. The molecule has 0 aliphatic heterocycles. The molecule has 258 valence electrons. The number of aliphatic carboxylic acids is 1. The van der Waals surface area contributed by atoms with Crippen LogP contribution in [0.5, 0.6) is 0 Å². The highest BCUT2D eigenvalue weighted by molar-refractivity contribution is 7.09. The molecule has 4 N–H and O–H groups in total. The van der Waals surface area contributed by atoms with Gasteiger partial charge in [-0.3, -0.25) is 14.4 Å². The van der Waals surface area contributed by atoms with Gasteiger partial charge < -0.3 is 30.7 Å². The average molecular weight is 670 g/mol. The van der Waals surface area contributed by atoms with Crippen molar-refractivity contribution in [1.29, 1.82) is 0 Å². The quantitative estimate of drug-likeness (QED) is 0.207. The van der Waals surface area contributed by atoms with Crippen LogP contribution in [-0.4, -0.2) is 84.1 Å². The van der Waals surface area contributed by atoms with Crippen LogP contribution >= 0.6 is 11.3 Å². The standard InChI is InChI=1S/C35H51N5O6S/c1-10-21(6)30(39-32(42)29(36-7)20(4)5)34(43)40(8)27(19(2)3)17-28(46-9)33-38-26(18-47-33)31(41)37-23-15-22-13-11-12-14-24(22)25(16-23)35(44)45/h11-14,16,18-21,23,27-30,36H,10,15,17H2,1-9H3,(H,37,41)(H,39,42)(H,44,45)/t21?,23-,27+,28?,29-,30-/m0/s1. The van der Waals surface area contributed by atoms with Gasteiger partial charge in [-0.1, -0.05) is 72.2 Å². The number of aromatic nitrogens is 1. The molecule has 1 aromatic carbocycles. The van der Waals surface area contributed by atoms with Gasteiger partial charge in [0.2, 0.25) is 11.8 Å². The summed E-state index contributed by atoms with van der Waals surface area (Å²) in [5, 5.41) is 21.0. The highest BCUT2D eigenvalue weighted by Crippen LogP contribution is 2.31. The lowest BCUT2D eigenvalue weighted by Gasteiger charge is -2.37. The number of carboxylic acids is 1. The van der Waals surface area contributed by atoms with E-state index in [9.17, 15) is 24.3 Å². The normalized spacial score (nSPS) is 17.6. The molecular formula is C35H51N5O6S. The Kier molecular flexibility index (Phi) is 13.7. The Hall–Kier alpha value is -3.61. The minimum atomic E-state index is -1.05. The third kappa shape index (κ3) is 9.27. The molecule has 3 rings (SSSR count). The largest absolute Gasteiger partial charge is 0.478 e. The monoisotopic (exact) mass is 669 g/mol. The number of methoxy groups -OCH3 is 1. The first-order chi connectivity index (χ1) is 22.2. The summed E-state index contributed by atoms with van der Waals surface area (Å²) < 4.78 is 5.86. The maximum absolute atomic E-state index is 14.0. The number of hydrogen-bond acceptors (Lipinski definition) is 8. The Bertz CT molecular complexity index is 1440. The molecule has 2 unspecified atom stereocenters. The van der Waals surface area contributed by atoms with Crippen LogP contribution < -0.4 is 16.0 Å². The van der Waals surface area contributed by atoms with E-state index < -0.39 is 36.1 Å². The van der Waals surface area contributed by atoms with E-state index in [0.717, 1.165) is 5.56 Å². The van der Waals surface area contributed by atoms with E-state index in [1.54, 1.807) is 49.7 Å². The van der Waals surface area contributed by atoms with Gasteiger partial charge in [0.15, 0.2) is 0 Å². The number of hydrogen-bond donors (Lipinski definition) is 4. The first kappa shape index (κ1) is 37.8. The van der Waals surface area contributed by atoms with Crippen LogP contribution in [0.4, 0.5) is 0 Å². The maximum Gasteiger partial charge on any atom is 0.336 e. The van der Waals surface area contributed by atoms with Gasteiger partial charge in [-0.25, -0.2) is 9.78 Å². The number of benzene rings is 1. The fraction of sp³-hybridized carbons (Fsp3) is 0.571. The van der Waals surface area contributed by atoms with E-state index in [0.29, 0.717) is 29.8 Å². The summed E-state index contributed by atoms with van der Waals surface area (Å²) >= 11 is 1.30. The van der Waals surface area contributed by atoms with Crippen molar-refractivity contribution >= 4 is 40.6 Å². The summed E-state index contributed by atoms with van der Waals surface area (Å²) in [6.07, 6.45) is 2.70. The number of nitrogens with one attached hydrogen (secondary N) is 3. The van der Waals surface area contributed by atoms with Crippen molar-refractivity contribution in [1.82, 2.24) is 25.8 Å². The second-order valence-electron chi connectivity index (χ2n) is 13.0. The second-order valence-corrected chi connectivity index (χ2v) is 13.9. The number of thiazole rings is 1. The molecular weight excluding hydrogens is 618 g/mol. The molecule has 0 fully saturated rings. The number of likely N-dealkylation sites (N-methyl/N-ethyl adjacent to an activating group) is 2. The summed E-state index contributed by atoms with van der Waals surface area (Å²) in [5.74, 6) is -1.79. The number of rotatable bonds is 16. The number of fused-ring (bicyclic) bond motifs is 1. The third-order valence-corrected chi connectivity index (χ3v) is 10.0. The molecule has 0 radical (unpaired) electrons. The van der Waals surface area contributed by atoms with Gasteiger partial charge in [0.25, 0.3) is 5.91 Å². The Morgan fingerprint density at radius 2 is 1.77 bits per heavy atom. The fourth-order valence-electron chi connectivity index (χ4n) is 6.08. The molecule has 1 aromatic heterocycles. The van der Waals surface area contributed by atoms with Crippen LogP contribution in [-0.2, 0) is 25.5 Å². The predicted molar refractivity (Wildman–Crippen MR) is 184 cm³/mol. The molecule has 1 heterocycles. The van der Waals surface area contributed by atoms with E-state index in [2.05, 4.69) is 20.9 Å². The van der Waals surface area contributed by atoms with E-state index in [4.69, 9.17) is 4.74 Å². The number of ether oxygens (including phenoxy) is 1. The Morgan fingerprint density at radius 3 is 2.34 bits per heavy atom. The first-order valence-electron chi connectivity index (χ1n) is 16.3. The van der Waals surface area contributed by atoms with Gasteiger partial charge >= 0.3 is 5.97 Å². The Balaban J connectivity index is 1.76. The van der Waals surface area contributed by atoms with Crippen molar-refractivity contribution in [2.45, 2.75) is 91.1 Å². The number of carbonyl (C=O) groups excluding carboxylic acids is 3. The van der Waals surface area contributed by atoms with Gasteiger partial charge in [0.1, 0.15) is 22.8 Å². The SMILES string of the molecule is CCC(C)[C@H](NC(=O)[C@@H](NC)C(C)C)C(=O)N(C)[C@H](CC(OC)c1nc(C(=O)N[C@@H]2C=C(C(=O)O)c3ccccc3C2)cs1)C(C)C. The number of amides is 3. The second kappa shape index (κ2) is 17.0. The maximum atomic E-state index is 14.0. The Morgan fingerprint density at radius 1 is 1.09 bits per heavy atom. The molecule has 12 heteroatoms. The molecule has 6 atom stereocenters. The van der Waals surface area contributed by atoms with Crippen molar-refractivity contribution in [3.8, 4) is 0 Å². The minimum absolute atomic E-state index is 0.0552. The molecule has 2 aromatic rings. The van der Waals surface area contributed by atoms with E-state index in [1.807, 2.05) is 53.7 Å². The molecule has 0 saturated heterocycles. The molecule has 0 saturated carbocycles. The van der Waals surface area contributed by atoms with Crippen molar-refractivity contribution in [3.63, 3.8) is 0 Å². The lowest BCUT2D eigenvalue weighted by molar-refractivity contribution is -0.140. The zero-order valence-electron chi connectivity index (χ0n) is 29.0. The van der Waals surface area contributed by atoms with Gasteiger partial charge in [0, 0.05) is 32.0 Å². The van der Waals surface area contributed by atoms with Gasteiger partial charge in [-0.05, 0) is 48.4 Å². The molecule has 0 bridgehead atoms. The van der Waals surface area contributed by atoms with E-state index >= 15 is 0 Å². The van der Waals surface area contributed by atoms with Crippen molar-refractivity contribution in [2.24, 2.45) is 17.8 Å². The highest BCUT2D eigenvalue weighted by atomic mass is 32.1. The first-order valence-corrected chi connectivity index (χ1v) is 17.2. The minimum Gasteiger partial charge on any atom is -0.478 e. The zero-order chi connectivity index (χ0) is 35.0. The molecule has 3 amide bonds. The van der Waals surface area contributed by atoms with Gasteiger partial charge in [-0.15, -0.1) is 11.3 Å². The topological polar surface area (TPSA) is 150 Å². The number of carboxylic acid groups (broad SMARTS) is 1.